The Labute approximate surface area is 335 Å². The fraction of sp³-hybridized carbons (Fsp3) is 0.488. The minimum Gasteiger partial charge on any atom is -0.490 e. The van der Waals surface area contributed by atoms with Gasteiger partial charge in [0, 0.05) is 56.2 Å². The van der Waals surface area contributed by atoms with Crippen LogP contribution in [0.4, 0.5) is 17.1 Å². The van der Waals surface area contributed by atoms with Gasteiger partial charge >= 0.3 is 0 Å². The third-order valence-corrected chi connectivity index (χ3v) is 11.9. The van der Waals surface area contributed by atoms with Gasteiger partial charge in [-0.25, -0.2) is 8.42 Å². The first kappa shape index (κ1) is 44.5. The van der Waals surface area contributed by atoms with Crippen LogP contribution in [-0.2, 0) is 24.3 Å². The summed E-state index contributed by atoms with van der Waals surface area (Å²) in [6.45, 7) is 5.79. The van der Waals surface area contributed by atoms with Crippen LogP contribution in [0.5, 0.6) is 5.75 Å². The van der Waals surface area contributed by atoms with Crippen molar-refractivity contribution in [2.45, 2.75) is 95.3 Å². The number of nitrogens with one attached hydrogen (secondary N) is 2. The van der Waals surface area contributed by atoms with E-state index in [1.54, 1.807) is 54.3 Å². The molecule has 1 aliphatic heterocycles. The number of benzene rings is 3. The van der Waals surface area contributed by atoms with Crippen LogP contribution in [0, 0.1) is 5.92 Å². The first-order valence-corrected chi connectivity index (χ1v) is 21.0. The molecule has 15 heteroatoms. The second-order valence-corrected chi connectivity index (χ2v) is 17.0. The van der Waals surface area contributed by atoms with Crippen LogP contribution in [-0.4, -0.2) is 92.1 Å². The first-order valence-electron chi connectivity index (χ1n) is 19.2. The van der Waals surface area contributed by atoms with E-state index in [9.17, 15) is 27.9 Å². The van der Waals surface area contributed by atoms with E-state index in [1.807, 2.05) is 13.8 Å². The van der Waals surface area contributed by atoms with Gasteiger partial charge in [0.1, 0.15) is 5.75 Å². The monoisotopic (exact) mass is 813 g/mol. The van der Waals surface area contributed by atoms with Gasteiger partial charge in [0.2, 0.25) is 21.8 Å². The molecule has 5 N–H and O–H groups in total. The maximum Gasteiger partial charge on any atom is 0.258 e. The second-order valence-electron chi connectivity index (χ2n) is 14.5. The molecular formula is C41H56ClN5O8S. The molecule has 3 amide bonds. The summed E-state index contributed by atoms with van der Waals surface area (Å²) in [6, 6.07) is 17.4. The Balaban J connectivity index is 1.46. The molecule has 4 rings (SSSR count). The maximum atomic E-state index is 14.5. The number of anilines is 3. The molecule has 0 saturated heterocycles. The Morgan fingerprint density at radius 3 is 2.36 bits per heavy atom. The Morgan fingerprint density at radius 2 is 1.68 bits per heavy atom. The quantitative estimate of drug-likeness (QED) is 0.104. The van der Waals surface area contributed by atoms with E-state index in [0.717, 1.165) is 6.42 Å². The molecule has 3 aromatic rings. The third-order valence-electron chi connectivity index (χ3n) is 9.84. The molecule has 4 atom stereocenters. The number of halogens is 1. The van der Waals surface area contributed by atoms with Crippen molar-refractivity contribution >= 4 is 56.4 Å². The zero-order valence-electron chi connectivity index (χ0n) is 32.7. The zero-order valence-corrected chi connectivity index (χ0v) is 34.3. The van der Waals surface area contributed by atoms with Crippen LogP contribution >= 0.6 is 11.6 Å². The molecule has 56 heavy (non-hydrogen) atoms. The molecule has 13 nitrogen and oxygen atoms in total. The number of carbonyl (C=O) groups is 3. The lowest BCUT2D eigenvalue weighted by molar-refractivity contribution is -0.116. The molecule has 306 valence electrons. The Morgan fingerprint density at radius 1 is 1.00 bits per heavy atom. The lowest BCUT2D eigenvalue weighted by atomic mass is 10.0. The van der Waals surface area contributed by atoms with Crippen LogP contribution < -0.4 is 21.1 Å². The molecule has 0 aliphatic carbocycles. The highest BCUT2D eigenvalue weighted by Crippen LogP contribution is 2.29. The molecule has 0 aromatic heterocycles. The molecule has 0 bridgehead atoms. The first-order chi connectivity index (χ1) is 26.7. The van der Waals surface area contributed by atoms with E-state index in [-0.39, 0.29) is 60.4 Å². The van der Waals surface area contributed by atoms with Crippen LogP contribution in [0.2, 0.25) is 5.02 Å². The average Bonchev–Trinajstić information content (AvgIpc) is 3.16. The van der Waals surface area contributed by atoms with Crippen molar-refractivity contribution in [3.63, 3.8) is 0 Å². The number of carbonyl (C=O) groups excluding carboxylic acids is 3. The number of hydrogen-bond acceptors (Lipinski definition) is 9. The van der Waals surface area contributed by atoms with Crippen molar-refractivity contribution in [3.05, 3.63) is 77.3 Å². The van der Waals surface area contributed by atoms with Gasteiger partial charge in [-0.2, -0.15) is 4.31 Å². The number of rotatable bonds is 14. The van der Waals surface area contributed by atoms with Gasteiger partial charge in [0.05, 0.1) is 46.7 Å². The summed E-state index contributed by atoms with van der Waals surface area (Å²) in [5, 5.41) is 16.4. The average molecular weight is 814 g/mol. The van der Waals surface area contributed by atoms with Gasteiger partial charge < -0.3 is 35.8 Å². The van der Waals surface area contributed by atoms with E-state index in [4.69, 9.17) is 26.8 Å². The number of likely N-dealkylation sites (N-methyl/N-ethyl adjacent to an activating group) is 1. The van der Waals surface area contributed by atoms with Crippen LogP contribution in [0.3, 0.4) is 0 Å². The number of fused-ring (bicyclic) bond motifs is 1. The number of ether oxygens (including phenoxy) is 2. The van der Waals surface area contributed by atoms with Crippen molar-refractivity contribution in [3.8, 4) is 5.75 Å². The number of amides is 3. The highest BCUT2D eigenvalue weighted by Gasteiger charge is 2.32. The number of aliphatic hydroxyl groups is 1. The molecule has 0 spiro atoms. The number of nitrogen functional groups attached to an aromatic ring is 1. The van der Waals surface area contributed by atoms with Crippen LogP contribution in [0.25, 0.3) is 0 Å². The van der Waals surface area contributed by atoms with Crippen molar-refractivity contribution in [2.75, 3.05) is 49.7 Å². The van der Waals surface area contributed by atoms with Crippen molar-refractivity contribution in [2.24, 2.45) is 5.92 Å². The van der Waals surface area contributed by atoms with Gasteiger partial charge in [0.25, 0.3) is 5.91 Å². The largest absolute Gasteiger partial charge is 0.490 e. The summed E-state index contributed by atoms with van der Waals surface area (Å²) in [4.78, 5) is 41.4. The van der Waals surface area contributed by atoms with E-state index in [1.165, 1.54) is 35.6 Å². The number of unbranched alkanes of at least 4 members (excludes halogenated alkanes) is 2. The van der Waals surface area contributed by atoms with Crippen LogP contribution in [0.15, 0.2) is 71.6 Å². The predicted octanol–water partition coefficient (Wildman–Crippen LogP) is 6.57. The molecule has 0 saturated carbocycles. The number of hydrogen-bond donors (Lipinski definition) is 4. The predicted molar refractivity (Wildman–Crippen MR) is 219 cm³/mol. The molecule has 1 heterocycles. The number of aliphatic hydroxyl groups excluding tert-OH is 1. The van der Waals surface area contributed by atoms with Gasteiger partial charge in [-0.05, 0) is 101 Å². The van der Waals surface area contributed by atoms with Crippen molar-refractivity contribution in [1.29, 1.82) is 0 Å². The second kappa shape index (κ2) is 21.4. The summed E-state index contributed by atoms with van der Waals surface area (Å²) in [6.07, 6.45) is 3.71. The van der Waals surface area contributed by atoms with Crippen molar-refractivity contribution in [1.82, 2.24) is 9.21 Å². The molecule has 0 unspecified atom stereocenters. The summed E-state index contributed by atoms with van der Waals surface area (Å²) >= 11 is 6.00. The Bertz CT molecular complexity index is 1880. The standard InChI is InChI=1S/C41H56ClN5O8S/c1-28-25-47(29(2)27-48)41(51)34-24-32(44-39(49)15-6-5-7-16-40(50)45-36-14-9-8-13-35(36)43)19-22-37(34)55-30(3)12-10-11-23-54-38(28)26-46(4)56(52,53)33-20-17-31(42)18-21-33/h8-9,13-14,17-22,24,28-30,38,48H,5-7,10-12,15-16,23,25-27,43H2,1-4H3,(H,44,49)(H,45,50)/t28-,29+,30+,38+/m0/s1. The molecule has 3 aromatic carbocycles. The van der Waals surface area contributed by atoms with Gasteiger partial charge in [-0.15, -0.1) is 0 Å². The fourth-order valence-electron chi connectivity index (χ4n) is 6.40. The number of nitrogens with two attached hydrogens (primary N) is 1. The Hall–Kier alpha value is -4.21. The lowest BCUT2D eigenvalue weighted by Crippen LogP contribution is -2.48. The highest BCUT2D eigenvalue weighted by molar-refractivity contribution is 7.89. The number of nitrogens with zero attached hydrogens (tertiary/aromatic N) is 2. The summed E-state index contributed by atoms with van der Waals surface area (Å²) in [5.41, 5.74) is 7.61. The minimum absolute atomic E-state index is 0.0317. The molecule has 1 aliphatic rings. The normalized spacial score (nSPS) is 19.0. The summed E-state index contributed by atoms with van der Waals surface area (Å²) in [5.74, 6) is -0.786. The number of sulfonamides is 1. The third kappa shape index (κ3) is 12.9. The molecular weight excluding hydrogens is 758 g/mol. The summed E-state index contributed by atoms with van der Waals surface area (Å²) < 4.78 is 40.8. The van der Waals surface area contributed by atoms with E-state index in [2.05, 4.69) is 10.6 Å². The minimum atomic E-state index is -3.87. The van der Waals surface area contributed by atoms with E-state index in [0.29, 0.717) is 73.0 Å². The van der Waals surface area contributed by atoms with Crippen LogP contribution in [0.1, 0.15) is 82.5 Å². The lowest BCUT2D eigenvalue weighted by Gasteiger charge is -2.35. The zero-order chi connectivity index (χ0) is 40.8. The van der Waals surface area contributed by atoms with E-state index >= 15 is 0 Å². The van der Waals surface area contributed by atoms with Gasteiger partial charge in [0.15, 0.2) is 0 Å². The number of para-hydroxylation sites is 2. The smallest absolute Gasteiger partial charge is 0.258 e. The summed E-state index contributed by atoms with van der Waals surface area (Å²) in [7, 11) is -2.37. The van der Waals surface area contributed by atoms with Crippen molar-refractivity contribution < 1.29 is 37.4 Å². The molecule has 0 fully saturated rings. The van der Waals surface area contributed by atoms with Gasteiger partial charge in [-0.3, -0.25) is 14.4 Å². The van der Waals surface area contributed by atoms with Gasteiger partial charge in [-0.1, -0.05) is 37.1 Å². The maximum absolute atomic E-state index is 14.5. The SMILES string of the molecule is C[C@@H]1CCCCO[C@H](CN(C)S(=O)(=O)c2ccc(Cl)cc2)[C@@H](C)CN([C@H](C)CO)C(=O)c2cc(NC(=O)CCCCCC(=O)Nc3ccccc3N)ccc2O1. The Kier molecular flexibility index (Phi) is 17.0. The topological polar surface area (TPSA) is 181 Å². The fourth-order valence-corrected chi connectivity index (χ4v) is 7.70. The molecule has 0 radical (unpaired) electrons. The van der Waals surface area contributed by atoms with E-state index < -0.39 is 28.1 Å². The highest BCUT2D eigenvalue weighted by atomic mass is 35.5.